The molecule has 102 valence electrons. The van der Waals surface area contributed by atoms with Crippen molar-refractivity contribution >= 4 is 10.0 Å². The Kier molecular flexibility index (Phi) is 3.64. The molecule has 0 saturated carbocycles. The van der Waals surface area contributed by atoms with Gasteiger partial charge in [0.25, 0.3) is 0 Å². The minimum Gasteiger partial charge on any atom is -0.486 e. The van der Waals surface area contributed by atoms with Gasteiger partial charge in [-0.3, -0.25) is 0 Å². The molecule has 1 aliphatic heterocycles. The van der Waals surface area contributed by atoms with Gasteiger partial charge in [0.1, 0.15) is 19.3 Å². The van der Waals surface area contributed by atoms with E-state index in [4.69, 9.17) is 14.7 Å². The molecule has 0 bridgehead atoms. The highest BCUT2D eigenvalue weighted by molar-refractivity contribution is 7.89. The average Bonchev–Trinajstić information content (AvgIpc) is 2.45. The first-order chi connectivity index (χ1) is 8.96. The number of sulfonamides is 1. The van der Waals surface area contributed by atoms with Gasteiger partial charge < -0.3 is 9.47 Å². The normalized spacial score (nSPS) is 15.9. The van der Waals surface area contributed by atoms with Crippen LogP contribution in [0.3, 0.4) is 0 Å². The zero-order valence-corrected chi connectivity index (χ0v) is 11.5. The van der Waals surface area contributed by atoms with E-state index in [1.807, 2.05) is 6.07 Å². The Bertz CT molecular complexity index is 621. The number of fused-ring (bicyclic) bond motifs is 1. The van der Waals surface area contributed by atoms with E-state index in [0.717, 1.165) is 4.31 Å². The Balaban J connectivity index is 2.39. The topological polar surface area (TPSA) is 79.6 Å². The van der Waals surface area contributed by atoms with Gasteiger partial charge in [-0.15, -0.1) is 0 Å². The van der Waals surface area contributed by atoms with E-state index in [0.29, 0.717) is 24.7 Å². The third kappa shape index (κ3) is 2.50. The molecule has 1 heterocycles. The molecule has 0 spiro atoms. The maximum atomic E-state index is 12.3. The van der Waals surface area contributed by atoms with Crippen LogP contribution in [0.5, 0.6) is 11.5 Å². The molecule has 1 aromatic carbocycles. The minimum absolute atomic E-state index is 0.0846. The summed E-state index contributed by atoms with van der Waals surface area (Å²) in [6.07, 6.45) is 0. The van der Waals surface area contributed by atoms with Crippen LogP contribution in [-0.2, 0) is 10.0 Å². The average molecular weight is 282 g/mol. The van der Waals surface area contributed by atoms with Gasteiger partial charge in [0, 0.05) is 13.1 Å². The number of nitrogens with zero attached hydrogens (tertiary/aromatic N) is 2. The van der Waals surface area contributed by atoms with E-state index in [2.05, 4.69) is 0 Å². The first-order valence-electron chi connectivity index (χ1n) is 5.74. The fraction of sp³-hybridized carbons (Fsp3) is 0.417. The molecule has 0 amide bonds. The number of ether oxygens (including phenoxy) is 2. The van der Waals surface area contributed by atoms with Crippen LogP contribution in [0.4, 0.5) is 0 Å². The van der Waals surface area contributed by atoms with E-state index in [-0.39, 0.29) is 4.90 Å². The Morgan fingerprint density at radius 3 is 2.58 bits per heavy atom. The standard InChI is InChI=1S/C12H14N2O4S/c1-9(8-13)14(2)19(15,16)10-3-4-11-12(7-10)18-6-5-17-11/h3-4,7,9H,5-6H2,1-2H3. The van der Waals surface area contributed by atoms with Gasteiger partial charge in [-0.2, -0.15) is 9.57 Å². The van der Waals surface area contributed by atoms with E-state index < -0.39 is 16.1 Å². The van der Waals surface area contributed by atoms with E-state index in [1.165, 1.54) is 26.1 Å². The maximum Gasteiger partial charge on any atom is 0.244 e. The van der Waals surface area contributed by atoms with Gasteiger partial charge in [0.05, 0.1) is 11.0 Å². The Labute approximate surface area is 112 Å². The SMILES string of the molecule is CC(C#N)N(C)S(=O)(=O)c1ccc2c(c1)OCCO2. The van der Waals surface area contributed by atoms with Crippen LogP contribution in [0.25, 0.3) is 0 Å². The van der Waals surface area contributed by atoms with Crippen molar-refractivity contribution in [2.24, 2.45) is 0 Å². The molecule has 1 aliphatic rings. The predicted octanol–water partition coefficient (Wildman–Crippen LogP) is 0.990. The quantitative estimate of drug-likeness (QED) is 0.826. The van der Waals surface area contributed by atoms with Crippen LogP contribution in [0.15, 0.2) is 23.1 Å². The number of hydrogen-bond donors (Lipinski definition) is 0. The number of benzene rings is 1. The lowest BCUT2D eigenvalue weighted by Crippen LogP contribution is -2.34. The fourth-order valence-electron chi connectivity index (χ4n) is 1.64. The van der Waals surface area contributed by atoms with Crippen molar-refractivity contribution in [2.45, 2.75) is 17.9 Å². The third-order valence-corrected chi connectivity index (χ3v) is 4.85. The second-order valence-corrected chi connectivity index (χ2v) is 6.13. The van der Waals surface area contributed by atoms with Crippen LogP contribution >= 0.6 is 0 Å². The zero-order chi connectivity index (χ0) is 14.0. The van der Waals surface area contributed by atoms with Gasteiger partial charge in [0.2, 0.25) is 10.0 Å². The monoisotopic (exact) mass is 282 g/mol. The second kappa shape index (κ2) is 5.07. The van der Waals surface area contributed by atoms with Crippen molar-refractivity contribution in [3.63, 3.8) is 0 Å². The summed E-state index contributed by atoms with van der Waals surface area (Å²) < 4.78 is 36.3. The van der Waals surface area contributed by atoms with Crippen LogP contribution in [0, 0.1) is 11.3 Å². The summed E-state index contributed by atoms with van der Waals surface area (Å²) in [6.45, 7) is 2.36. The molecule has 0 radical (unpaired) electrons. The van der Waals surface area contributed by atoms with E-state index in [1.54, 1.807) is 6.07 Å². The zero-order valence-electron chi connectivity index (χ0n) is 10.7. The summed E-state index contributed by atoms with van der Waals surface area (Å²) in [6, 6.07) is 5.59. The third-order valence-electron chi connectivity index (χ3n) is 2.92. The molecule has 6 nitrogen and oxygen atoms in total. The van der Waals surface area contributed by atoms with Crippen LogP contribution in [0.1, 0.15) is 6.92 Å². The van der Waals surface area contributed by atoms with E-state index >= 15 is 0 Å². The molecule has 1 unspecified atom stereocenters. The molecule has 1 atom stereocenters. The smallest absolute Gasteiger partial charge is 0.244 e. The van der Waals surface area contributed by atoms with Gasteiger partial charge >= 0.3 is 0 Å². The van der Waals surface area contributed by atoms with Crippen molar-refractivity contribution in [3.05, 3.63) is 18.2 Å². The molecule has 1 aromatic rings. The molecule has 2 rings (SSSR count). The molecular weight excluding hydrogens is 268 g/mol. The molecular formula is C12H14N2O4S. The number of nitriles is 1. The second-order valence-electron chi connectivity index (χ2n) is 4.13. The van der Waals surface area contributed by atoms with Gasteiger partial charge in [-0.05, 0) is 19.1 Å². The lowest BCUT2D eigenvalue weighted by Gasteiger charge is -2.22. The van der Waals surface area contributed by atoms with Crippen molar-refractivity contribution in [2.75, 3.05) is 20.3 Å². The highest BCUT2D eigenvalue weighted by Crippen LogP contribution is 2.33. The summed E-state index contributed by atoms with van der Waals surface area (Å²) in [4.78, 5) is 0.0846. The summed E-state index contributed by atoms with van der Waals surface area (Å²) in [5.74, 6) is 0.937. The largest absolute Gasteiger partial charge is 0.486 e. The van der Waals surface area contributed by atoms with Crippen LogP contribution < -0.4 is 9.47 Å². The fourth-order valence-corrected chi connectivity index (χ4v) is 2.93. The lowest BCUT2D eigenvalue weighted by molar-refractivity contribution is 0.171. The summed E-state index contributed by atoms with van der Waals surface area (Å²) in [7, 11) is -2.33. The van der Waals surface area contributed by atoms with Gasteiger partial charge in [-0.25, -0.2) is 8.42 Å². The lowest BCUT2D eigenvalue weighted by atomic mass is 10.3. The van der Waals surface area contributed by atoms with Gasteiger partial charge in [0.15, 0.2) is 11.5 Å². The molecule has 0 aliphatic carbocycles. The highest BCUT2D eigenvalue weighted by Gasteiger charge is 2.27. The van der Waals surface area contributed by atoms with Crippen LogP contribution in [-0.4, -0.2) is 39.0 Å². The number of rotatable bonds is 3. The van der Waals surface area contributed by atoms with Crippen molar-refractivity contribution < 1.29 is 17.9 Å². The predicted molar refractivity (Wildman–Crippen MR) is 67.5 cm³/mol. The molecule has 7 heteroatoms. The molecule has 0 saturated heterocycles. The molecule has 0 fully saturated rings. The number of hydrogen-bond acceptors (Lipinski definition) is 5. The summed E-state index contributed by atoms with van der Waals surface area (Å²) >= 11 is 0. The molecule has 0 N–H and O–H groups in total. The van der Waals surface area contributed by atoms with Crippen molar-refractivity contribution in [1.82, 2.24) is 4.31 Å². The van der Waals surface area contributed by atoms with Crippen molar-refractivity contribution in [3.8, 4) is 17.6 Å². The first kappa shape index (κ1) is 13.6. The maximum absolute atomic E-state index is 12.3. The Morgan fingerprint density at radius 1 is 1.32 bits per heavy atom. The Morgan fingerprint density at radius 2 is 1.95 bits per heavy atom. The first-order valence-corrected chi connectivity index (χ1v) is 7.18. The van der Waals surface area contributed by atoms with E-state index in [9.17, 15) is 8.42 Å². The van der Waals surface area contributed by atoms with Crippen LogP contribution in [0.2, 0.25) is 0 Å². The molecule has 0 aromatic heterocycles. The highest BCUT2D eigenvalue weighted by atomic mass is 32.2. The van der Waals surface area contributed by atoms with Crippen molar-refractivity contribution in [1.29, 1.82) is 5.26 Å². The Hall–Kier alpha value is -1.78. The summed E-state index contributed by atoms with van der Waals surface area (Å²) in [5.41, 5.74) is 0. The summed E-state index contributed by atoms with van der Waals surface area (Å²) in [5, 5.41) is 8.81. The minimum atomic E-state index is -3.71. The van der Waals surface area contributed by atoms with Gasteiger partial charge in [-0.1, -0.05) is 0 Å². The molecule has 19 heavy (non-hydrogen) atoms.